The second-order valence-electron chi connectivity index (χ2n) is 4.91. The molecule has 0 aliphatic rings. The lowest BCUT2D eigenvalue weighted by atomic mass is 10.2. The van der Waals surface area contributed by atoms with Gasteiger partial charge in [0.2, 0.25) is 0 Å². The van der Waals surface area contributed by atoms with E-state index >= 15 is 0 Å². The molecule has 2 rings (SSSR count). The molecule has 0 aromatic heterocycles. The molecule has 0 nitrogen and oxygen atoms in total. The molecular weight excluding hydrogens is 440 g/mol. The number of thioether (sulfide) groups is 2. The van der Waals surface area contributed by atoms with Gasteiger partial charge in [0.15, 0.2) is 0 Å². The van der Waals surface area contributed by atoms with Gasteiger partial charge in [0.1, 0.15) is 0 Å². The Morgan fingerprint density at radius 1 is 0.636 bits per heavy atom. The van der Waals surface area contributed by atoms with Gasteiger partial charge in [-0.2, -0.15) is 23.5 Å². The molecule has 0 aliphatic heterocycles. The van der Waals surface area contributed by atoms with Crippen molar-refractivity contribution in [2.75, 3.05) is 23.0 Å². The van der Waals surface area contributed by atoms with Crippen LogP contribution in [-0.2, 0) is 0 Å². The van der Waals surface area contributed by atoms with E-state index in [4.69, 9.17) is 0 Å². The molecule has 0 bridgehead atoms. The van der Waals surface area contributed by atoms with Crippen LogP contribution in [0.5, 0.6) is 0 Å². The van der Waals surface area contributed by atoms with Gasteiger partial charge in [-0.25, -0.2) is 0 Å². The van der Waals surface area contributed by atoms with Crippen LogP contribution in [0.2, 0.25) is 0 Å². The third-order valence-corrected chi connectivity index (χ3v) is 8.17. The first-order chi connectivity index (χ1) is 10.8. The van der Waals surface area contributed by atoms with Gasteiger partial charge >= 0.3 is 0 Å². The topological polar surface area (TPSA) is 0 Å². The molecule has 0 saturated carbocycles. The summed E-state index contributed by atoms with van der Waals surface area (Å²) in [6, 6.07) is 21.3. The molecule has 0 heterocycles. The smallest absolute Gasteiger partial charge is 0.0485 e. The second kappa shape index (κ2) is 10.8. The Hall–Kier alpha value is 0.100. The fourth-order valence-electron chi connectivity index (χ4n) is 2.01. The third-order valence-electron chi connectivity index (χ3n) is 3.22. The molecule has 22 heavy (non-hydrogen) atoms. The van der Waals surface area contributed by atoms with Crippen molar-refractivity contribution in [2.45, 2.75) is 9.65 Å². The maximum atomic E-state index is 3.77. The zero-order valence-electron chi connectivity index (χ0n) is 12.3. The highest BCUT2D eigenvalue weighted by molar-refractivity contribution is 9.09. The normalized spacial score (nSPS) is 13.7. The van der Waals surface area contributed by atoms with E-state index in [1.54, 1.807) is 0 Å². The average molecular weight is 460 g/mol. The Balaban J connectivity index is 1.56. The van der Waals surface area contributed by atoms with Crippen LogP contribution in [0, 0.1) is 0 Å². The highest BCUT2D eigenvalue weighted by Crippen LogP contribution is 2.29. The van der Waals surface area contributed by atoms with Crippen molar-refractivity contribution in [3.63, 3.8) is 0 Å². The summed E-state index contributed by atoms with van der Waals surface area (Å²) < 4.78 is 0. The number of hydrogen-bond acceptors (Lipinski definition) is 2. The molecule has 2 unspecified atom stereocenters. The number of hydrogen-bond donors (Lipinski definition) is 0. The van der Waals surface area contributed by atoms with Crippen molar-refractivity contribution >= 4 is 55.4 Å². The predicted molar refractivity (Wildman–Crippen MR) is 111 cm³/mol. The highest BCUT2D eigenvalue weighted by atomic mass is 79.9. The molecule has 0 fully saturated rings. The zero-order chi connectivity index (χ0) is 15.6. The van der Waals surface area contributed by atoms with Crippen molar-refractivity contribution in [2.24, 2.45) is 0 Å². The summed E-state index contributed by atoms with van der Waals surface area (Å²) in [4.78, 5) is 0.911. The maximum Gasteiger partial charge on any atom is 0.0485 e. The van der Waals surface area contributed by atoms with Crippen molar-refractivity contribution < 1.29 is 0 Å². The van der Waals surface area contributed by atoms with Crippen molar-refractivity contribution in [1.82, 2.24) is 0 Å². The number of benzene rings is 2. The van der Waals surface area contributed by atoms with Crippen LogP contribution in [0.4, 0.5) is 0 Å². The number of halogens is 2. The Labute approximate surface area is 159 Å². The van der Waals surface area contributed by atoms with Gasteiger partial charge in [-0.15, -0.1) is 0 Å². The van der Waals surface area contributed by atoms with E-state index in [-0.39, 0.29) is 0 Å². The van der Waals surface area contributed by atoms with E-state index in [1.165, 1.54) is 22.6 Å². The van der Waals surface area contributed by atoms with Gasteiger partial charge in [-0.1, -0.05) is 92.5 Å². The van der Waals surface area contributed by atoms with E-state index < -0.39 is 0 Å². The molecular formula is C18H20Br2S2. The van der Waals surface area contributed by atoms with Crippen molar-refractivity contribution in [3.8, 4) is 0 Å². The molecule has 4 heteroatoms. The summed E-state index contributed by atoms with van der Waals surface area (Å²) in [5, 5.41) is 0. The molecule has 0 aliphatic carbocycles. The van der Waals surface area contributed by atoms with Gasteiger partial charge in [-0.05, 0) is 11.1 Å². The van der Waals surface area contributed by atoms with E-state index in [0.717, 1.165) is 11.5 Å². The molecule has 2 aromatic rings. The first-order valence-corrected chi connectivity index (χ1v) is 11.4. The molecule has 2 aromatic carbocycles. The minimum atomic E-state index is 0.456. The standard InChI is InChI=1S/C18H20Br2S2/c19-17(15-7-3-1-4-8-15)13-21-11-12-22-14-18(20)16-9-5-2-6-10-16/h1-10,17-18H,11-14H2. The molecule has 0 N–H and O–H groups in total. The number of alkyl halides is 2. The lowest BCUT2D eigenvalue weighted by Gasteiger charge is -2.11. The van der Waals surface area contributed by atoms with Crippen LogP contribution in [-0.4, -0.2) is 23.0 Å². The molecule has 2 atom stereocenters. The van der Waals surface area contributed by atoms with E-state index in [9.17, 15) is 0 Å². The summed E-state index contributed by atoms with van der Waals surface area (Å²) in [5.41, 5.74) is 2.74. The molecule has 0 saturated heterocycles. The Morgan fingerprint density at radius 2 is 1.00 bits per heavy atom. The van der Waals surface area contributed by atoms with Crippen LogP contribution < -0.4 is 0 Å². The monoisotopic (exact) mass is 458 g/mol. The summed E-state index contributed by atoms with van der Waals surface area (Å²) in [5.74, 6) is 4.66. The van der Waals surface area contributed by atoms with Crippen LogP contribution in [0.25, 0.3) is 0 Å². The second-order valence-corrected chi connectivity index (χ2v) is 9.42. The Morgan fingerprint density at radius 3 is 1.36 bits per heavy atom. The van der Waals surface area contributed by atoms with E-state index in [2.05, 4.69) is 92.5 Å². The van der Waals surface area contributed by atoms with Gasteiger partial charge in [0.25, 0.3) is 0 Å². The fraction of sp³-hybridized carbons (Fsp3) is 0.333. The van der Waals surface area contributed by atoms with E-state index in [0.29, 0.717) is 9.65 Å². The minimum Gasteiger partial charge on any atom is -0.160 e. The third kappa shape index (κ3) is 6.69. The SMILES string of the molecule is BrC(CSCCSCC(Br)c1ccccc1)c1ccccc1. The largest absolute Gasteiger partial charge is 0.160 e. The predicted octanol–water partition coefficient (Wildman–Crippen LogP) is 6.73. The summed E-state index contributed by atoms with van der Waals surface area (Å²) in [6.45, 7) is 0. The van der Waals surface area contributed by atoms with Gasteiger partial charge < -0.3 is 0 Å². The lowest BCUT2D eigenvalue weighted by molar-refractivity contribution is 1.14. The molecule has 0 radical (unpaired) electrons. The summed E-state index contributed by atoms with van der Waals surface area (Å²) >= 11 is 11.6. The van der Waals surface area contributed by atoms with Crippen LogP contribution in [0.15, 0.2) is 60.7 Å². The van der Waals surface area contributed by atoms with E-state index in [1.807, 2.05) is 23.5 Å². The van der Waals surface area contributed by atoms with Gasteiger partial charge in [0, 0.05) is 32.7 Å². The van der Waals surface area contributed by atoms with Crippen LogP contribution in [0.3, 0.4) is 0 Å². The average Bonchev–Trinajstić information content (AvgIpc) is 2.59. The van der Waals surface area contributed by atoms with Crippen molar-refractivity contribution in [1.29, 1.82) is 0 Å². The van der Waals surface area contributed by atoms with Crippen LogP contribution in [0.1, 0.15) is 20.8 Å². The quantitative estimate of drug-likeness (QED) is 0.301. The highest BCUT2D eigenvalue weighted by Gasteiger charge is 2.08. The zero-order valence-corrected chi connectivity index (χ0v) is 17.1. The number of rotatable bonds is 9. The first-order valence-electron chi connectivity index (χ1n) is 7.31. The first kappa shape index (κ1) is 18.4. The molecule has 0 spiro atoms. The summed E-state index contributed by atoms with van der Waals surface area (Å²) in [7, 11) is 0. The van der Waals surface area contributed by atoms with Crippen LogP contribution >= 0.6 is 55.4 Å². The molecule has 0 amide bonds. The van der Waals surface area contributed by atoms with Crippen molar-refractivity contribution in [3.05, 3.63) is 71.8 Å². The lowest BCUT2D eigenvalue weighted by Crippen LogP contribution is -1.97. The molecule has 118 valence electrons. The maximum absolute atomic E-state index is 3.77. The minimum absolute atomic E-state index is 0.456. The Bertz CT molecular complexity index is 470. The summed E-state index contributed by atoms with van der Waals surface area (Å²) in [6.07, 6.45) is 0. The Kier molecular flexibility index (Phi) is 9.05. The van der Waals surface area contributed by atoms with Gasteiger partial charge in [-0.3, -0.25) is 0 Å². The fourth-order valence-corrected chi connectivity index (χ4v) is 5.81. The van der Waals surface area contributed by atoms with Gasteiger partial charge in [0.05, 0.1) is 0 Å².